The quantitative estimate of drug-likeness (QED) is 0.895. The van der Waals surface area contributed by atoms with E-state index in [1.54, 1.807) is 20.1 Å². The van der Waals surface area contributed by atoms with Gasteiger partial charge in [0, 0.05) is 12.0 Å². The molecule has 21 heavy (non-hydrogen) atoms. The summed E-state index contributed by atoms with van der Waals surface area (Å²) in [7, 11) is 1.59. The summed E-state index contributed by atoms with van der Waals surface area (Å²) in [6.45, 7) is 1.30. The SMILES string of the molecule is COc1ccc(Cc2cc(C)nn(CC(=O)O)c2=O)cc1. The van der Waals surface area contributed by atoms with Crippen molar-refractivity contribution in [3.63, 3.8) is 0 Å². The van der Waals surface area contributed by atoms with Crippen LogP contribution in [-0.4, -0.2) is 28.0 Å². The Balaban J connectivity index is 2.32. The van der Waals surface area contributed by atoms with Gasteiger partial charge >= 0.3 is 5.97 Å². The van der Waals surface area contributed by atoms with Gasteiger partial charge in [0.25, 0.3) is 5.56 Å². The van der Waals surface area contributed by atoms with Crippen molar-refractivity contribution in [3.05, 3.63) is 57.5 Å². The third kappa shape index (κ3) is 3.68. The van der Waals surface area contributed by atoms with E-state index >= 15 is 0 Å². The highest BCUT2D eigenvalue weighted by molar-refractivity contribution is 5.66. The van der Waals surface area contributed by atoms with Gasteiger partial charge in [-0.05, 0) is 30.7 Å². The average Bonchev–Trinajstić information content (AvgIpc) is 2.44. The van der Waals surface area contributed by atoms with Crippen LogP contribution in [0.3, 0.4) is 0 Å². The Labute approximate surface area is 121 Å². The van der Waals surface area contributed by atoms with Crippen LogP contribution in [0.1, 0.15) is 16.8 Å². The second-order valence-corrected chi connectivity index (χ2v) is 4.69. The monoisotopic (exact) mass is 288 g/mol. The van der Waals surface area contributed by atoms with Crippen molar-refractivity contribution < 1.29 is 14.6 Å². The van der Waals surface area contributed by atoms with E-state index in [9.17, 15) is 9.59 Å². The van der Waals surface area contributed by atoms with Crippen LogP contribution in [0, 0.1) is 6.92 Å². The molecule has 6 heteroatoms. The van der Waals surface area contributed by atoms with Crippen LogP contribution in [0.25, 0.3) is 0 Å². The molecule has 0 spiro atoms. The Morgan fingerprint density at radius 2 is 2.00 bits per heavy atom. The normalized spacial score (nSPS) is 10.4. The molecule has 0 atom stereocenters. The Hall–Kier alpha value is -2.63. The molecule has 0 fully saturated rings. The van der Waals surface area contributed by atoms with E-state index in [0.717, 1.165) is 16.0 Å². The predicted octanol–water partition coefficient (Wildman–Crippen LogP) is 1.24. The molecule has 0 bridgehead atoms. The first kappa shape index (κ1) is 14.8. The van der Waals surface area contributed by atoms with Crippen LogP contribution in [-0.2, 0) is 17.8 Å². The molecule has 6 nitrogen and oxygen atoms in total. The van der Waals surface area contributed by atoms with Gasteiger partial charge in [-0.2, -0.15) is 5.10 Å². The molecule has 0 radical (unpaired) electrons. The molecule has 0 aliphatic heterocycles. The third-order valence-electron chi connectivity index (χ3n) is 3.01. The molecule has 0 unspecified atom stereocenters. The highest BCUT2D eigenvalue weighted by atomic mass is 16.5. The molecule has 0 saturated carbocycles. The standard InChI is InChI=1S/C15H16N2O4/c1-10-7-12(15(20)17(16-10)9-14(18)19)8-11-3-5-13(21-2)6-4-11/h3-7H,8-9H2,1-2H3,(H,18,19). The number of carboxylic acid groups (broad SMARTS) is 1. The first-order valence-electron chi connectivity index (χ1n) is 6.42. The van der Waals surface area contributed by atoms with Crippen LogP contribution in [0.5, 0.6) is 5.75 Å². The van der Waals surface area contributed by atoms with E-state index in [0.29, 0.717) is 17.7 Å². The minimum absolute atomic E-state index is 0.376. The molecule has 1 aromatic heterocycles. The highest BCUT2D eigenvalue weighted by Gasteiger charge is 2.10. The van der Waals surface area contributed by atoms with Gasteiger partial charge < -0.3 is 9.84 Å². The van der Waals surface area contributed by atoms with Gasteiger partial charge in [-0.15, -0.1) is 0 Å². The number of aryl methyl sites for hydroxylation is 1. The fourth-order valence-electron chi connectivity index (χ4n) is 2.07. The van der Waals surface area contributed by atoms with Crippen molar-refractivity contribution in [1.29, 1.82) is 0 Å². The van der Waals surface area contributed by atoms with Crippen LogP contribution < -0.4 is 10.3 Å². The number of hydrogen-bond donors (Lipinski definition) is 1. The molecule has 0 saturated heterocycles. The maximum Gasteiger partial charge on any atom is 0.325 e. The summed E-state index contributed by atoms with van der Waals surface area (Å²) < 4.78 is 6.07. The Bertz CT molecular complexity index is 705. The van der Waals surface area contributed by atoms with Crippen molar-refractivity contribution >= 4 is 5.97 Å². The largest absolute Gasteiger partial charge is 0.497 e. The van der Waals surface area contributed by atoms with Crippen molar-refractivity contribution in [2.75, 3.05) is 7.11 Å². The minimum Gasteiger partial charge on any atom is -0.497 e. The first-order valence-corrected chi connectivity index (χ1v) is 6.42. The molecule has 1 aromatic carbocycles. The third-order valence-corrected chi connectivity index (χ3v) is 3.01. The van der Waals surface area contributed by atoms with E-state index in [1.165, 1.54) is 0 Å². The molecule has 2 aromatic rings. The van der Waals surface area contributed by atoms with Gasteiger partial charge in [0.05, 0.1) is 12.8 Å². The summed E-state index contributed by atoms with van der Waals surface area (Å²) >= 11 is 0. The van der Waals surface area contributed by atoms with Crippen LogP contribution in [0.4, 0.5) is 0 Å². The fraction of sp³-hybridized carbons (Fsp3) is 0.267. The van der Waals surface area contributed by atoms with Gasteiger partial charge in [-0.3, -0.25) is 9.59 Å². The molecule has 1 heterocycles. The van der Waals surface area contributed by atoms with Gasteiger partial charge in [0.15, 0.2) is 0 Å². The summed E-state index contributed by atoms with van der Waals surface area (Å²) in [5.41, 5.74) is 1.70. The second kappa shape index (κ2) is 6.21. The average molecular weight is 288 g/mol. The fourth-order valence-corrected chi connectivity index (χ4v) is 2.07. The maximum atomic E-state index is 12.2. The zero-order chi connectivity index (χ0) is 15.4. The van der Waals surface area contributed by atoms with Crippen molar-refractivity contribution in [3.8, 4) is 5.75 Å². The van der Waals surface area contributed by atoms with E-state index in [4.69, 9.17) is 9.84 Å². The molecule has 1 N–H and O–H groups in total. The second-order valence-electron chi connectivity index (χ2n) is 4.69. The van der Waals surface area contributed by atoms with Crippen LogP contribution in [0.15, 0.2) is 35.1 Å². The number of methoxy groups -OCH3 is 1. The Kier molecular flexibility index (Phi) is 4.37. The highest BCUT2D eigenvalue weighted by Crippen LogP contribution is 2.13. The van der Waals surface area contributed by atoms with Gasteiger partial charge in [-0.25, -0.2) is 4.68 Å². The Morgan fingerprint density at radius 1 is 1.33 bits per heavy atom. The van der Waals surface area contributed by atoms with Gasteiger partial charge in [0.2, 0.25) is 0 Å². The van der Waals surface area contributed by atoms with Crippen molar-refractivity contribution in [2.24, 2.45) is 0 Å². The number of carboxylic acids is 1. The zero-order valence-corrected chi connectivity index (χ0v) is 11.9. The van der Waals surface area contributed by atoms with E-state index in [1.807, 2.05) is 24.3 Å². The van der Waals surface area contributed by atoms with E-state index < -0.39 is 12.5 Å². The molecule has 110 valence electrons. The maximum absolute atomic E-state index is 12.2. The minimum atomic E-state index is -1.09. The number of ether oxygens (including phenoxy) is 1. The van der Waals surface area contributed by atoms with E-state index in [2.05, 4.69) is 5.10 Å². The number of rotatable bonds is 5. The summed E-state index contributed by atoms with van der Waals surface area (Å²) in [4.78, 5) is 23.0. The predicted molar refractivity (Wildman–Crippen MR) is 76.7 cm³/mol. The van der Waals surface area contributed by atoms with Crippen LogP contribution >= 0.6 is 0 Å². The lowest BCUT2D eigenvalue weighted by molar-refractivity contribution is -0.138. The van der Waals surface area contributed by atoms with Crippen molar-refractivity contribution in [2.45, 2.75) is 19.9 Å². The molecular formula is C15H16N2O4. The molecule has 2 rings (SSSR count). The summed E-state index contributed by atoms with van der Waals surface area (Å²) in [6.07, 6.45) is 0.422. The van der Waals surface area contributed by atoms with Crippen molar-refractivity contribution in [1.82, 2.24) is 9.78 Å². The summed E-state index contributed by atoms with van der Waals surface area (Å²) in [6, 6.07) is 9.06. The lowest BCUT2D eigenvalue weighted by Crippen LogP contribution is -2.29. The molecule has 0 aliphatic rings. The molecule has 0 amide bonds. The number of aliphatic carboxylic acids is 1. The lowest BCUT2D eigenvalue weighted by Gasteiger charge is -2.07. The first-order chi connectivity index (χ1) is 9.99. The number of carbonyl (C=O) groups is 1. The van der Waals surface area contributed by atoms with E-state index in [-0.39, 0.29) is 5.56 Å². The number of aromatic nitrogens is 2. The number of hydrogen-bond acceptors (Lipinski definition) is 4. The smallest absolute Gasteiger partial charge is 0.325 e. The number of benzene rings is 1. The lowest BCUT2D eigenvalue weighted by atomic mass is 10.1. The number of nitrogens with zero attached hydrogens (tertiary/aromatic N) is 2. The van der Waals surface area contributed by atoms with Gasteiger partial charge in [0.1, 0.15) is 12.3 Å². The molecular weight excluding hydrogens is 272 g/mol. The zero-order valence-electron chi connectivity index (χ0n) is 11.9. The topological polar surface area (TPSA) is 81.4 Å². The molecule has 0 aliphatic carbocycles. The summed E-state index contributed by atoms with van der Waals surface area (Å²) in [5, 5.41) is 12.8. The Morgan fingerprint density at radius 3 is 2.57 bits per heavy atom. The van der Waals surface area contributed by atoms with Gasteiger partial charge in [-0.1, -0.05) is 12.1 Å². The summed E-state index contributed by atoms with van der Waals surface area (Å²) in [5.74, 6) is -0.349. The van der Waals surface area contributed by atoms with Crippen LogP contribution in [0.2, 0.25) is 0 Å².